The molecular formula is C18H17ClFN3O4. The molecule has 0 amide bonds. The first-order chi connectivity index (χ1) is 13.0. The van der Waals surface area contributed by atoms with Gasteiger partial charge in [-0.3, -0.25) is 0 Å². The Hall–Kier alpha value is -3.00. The standard InChI is InChI=1S/C18H17ClFN3O4/c1-24-14-6-10(7-15(25-2)17(14)26-3)18-23-22-16(27-18)9-21-11-4-5-13(20)12(19)8-11/h4-8,21H,9H2,1-3H3. The van der Waals surface area contributed by atoms with E-state index >= 15 is 0 Å². The molecule has 0 fully saturated rings. The summed E-state index contributed by atoms with van der Waals surface area (Å²) in [5.41, 5.74) is 1.25. The van der Waals surface area contributed by atoms with E-state index in [0.29, 0.717) is 40.3 Å². The molecule has 3 aromatic rings. The minimum absolute atomic E-state index is 0.0311. The second-order valence-electron chi connectivity index (χ2n) is 5.40. The predicted molar refractivity (Wildman–Crippen MR) is 98.1 cm³/mol. The van der Waals surface area contributed by atoms with E-state index in [1.54, 1.807) is 18.2 Å². The fraction of sp³-hybridized carbons (Fsp3) is 0.222. The van der Waals surface area contributed by atoms with Crippen molar-refractivity contribution in [1.29, 1.82) is 0 Å². The second-order valence-corrected chi connectivity index (χ2v) is 5.80. The number of anilines is 1. The van der Waals surface area contributed by atoms with Crippen molar-refractivity contribution in [3.63, 3.8) is 0 Å². The highest BCUT2D eigenvalue weighted by atomic mass is 35.5. The number of rotatable bonds is 7. The molecule has 0 atom stereocenters. The number of nitrogens with zero attached hydrogens (tertiary/aromatic N) is 2. The van der Waals surface area contributed by atoms with E-state index in [-0.39, 0.29) is 11.6 Å². The summed E-state index contributed by atoms with van der Waals surface area (Å²) in [6.07, 6.45) is 0. The van der Waals surface area contributed by atoms with Crippen LogP contribution >= 0.6 is 11.6 Å². The molecule has 0 aliphatic rings. The quantitative estimate of drug-likeness (QED) is 0.645. The fourth-order valence-corrected chi connectivity index (χ4v) is 2.61. The lowest BCUT2D eigenvalue weighted by molar-refractivity contribution is 0.324. The molecule has 1 aromatic heterocycles. The van der Waals surface area contributed by atoms with Gasteiger partial charge in [0.1, 0.15) is 5.82 Å². The molecule has 27 heavy (non-hydrogen) atoms. The van der Waals surface area contributed by atoms with Gasteiger partial charge in [-0.2, -0.15) is 0 Å². The van der Waals surface area contributed by atoms with Crippen LogP contribution in [0.2, 0.25) is 5.02 Å². The molecule has 7 nitrogen and oxygen atoms in total. The Bertz CT molecular complexity index is 923. The Morgan fingerprint density at radius 2 is 1.74 bits per heavy atom. The van der Waals surface area contributed by atoms with Crippen LogP contribution in [0, 0.1) is 5.82 Å². The summed E-state index contributed by atoms with van der Waals surface area (Å²) in [6, 6.07) is 7.75. The molecule has 9 heteroatoms. The molecule has 0 aliphatic carbocycles. The van der Waals surface area contributed by atoms with Crippen LogP contribution in [0.5, 0.6) is 17.2 Å². The molecule has 0 saturated carbocycles. The zero-order valence-electron chi connectivity index (χ0n) is 14.9. The highest BCUT2D eigenvalue weighted by Crippen LogP contribution is 2.40. The van der Waals surface area contributed by atoms with Gasteiger partial charge in [0.2, 0.25) is 17.5 Å². The van der Waals surface area contributed by atoms with E-state index in [1.807, 2.05) is 0 Å². The van der Waals surface area contributed by atoms with Gasteiger partial charge in [-0.05, 0) is 30.3 Å². The zero-order chi connectivity index (χ0) is 19.4. The van der Waals surface area contributed by atoms with Crippen molar-refractivity contribution in [2.45, 2.75) is 6.54 Å². The topological polar surface area (TPSA) is 78.6 Å². The molecule has 2 aromatic carbocycles. The summed E-state index contributed by atoms with van der Waals surface area (Å²) in [7, 11) is 4.58. The average Bonchev–Trinajstić information content (AvgIpc) is 3.16. The lowest BCUT2D eigenvalue weighted by atomic mass is 10.2. The molecule has 0 radical (unpaired) electrons. The molecule has 0 unspecified atom stereocenters. The molecule has 0 aliphatic heterocycles. The number of hydrogen-bond acceptors (Lipinski definition) is 7. The number of aromatic nitrogens is 2. The van der Waals surface area contributed by atoms with Crippen LogP contribution in [0.4, 0.5) is 10.1 Å². The van der Waals surface area contributed by atoms with Gasteiger partial charge in [0.05, 0.1) is 32.9 Å². The van der Waals surface area contributed by atoms with Gasteiger partial charge >= 0.3 is 0 Å². The fourth-order valence-electron chi connectivity index (χ4n) is 2.43. The maximum absolute atomic E-state index is 13.2. The van der Waals surface area contributed by atoms with E-state index in [0.717, 1.165) is 0 Å². The smallest absolute Gasteiger partial charge is 0.248 e. The molecule has 0 spiro atoms. The average molecular weight is 394 g/mol. The van der Waals surface area contributed by atoms with Crippen LogP contribution in [0.25, 0.3) is 11.5 Å². The van der Waals surface area contributed by atoms with Crippen molar-refractivity contribution in [3.05, 3.63) is 47.1 Å². The number of benzene rings is 2. The number of hydrogen-bond donors (Lipinski definition) is 1. The van der Waals surface area contributed by atoms with E-state index in [2.05, 4.69) is 15.5 Å². The van der Waals surface area contributed by atoms with Crippen LogP contribution < -0.4 is 19.5 Å². The monoisotopic (exact) mass is 393 g/mol. The summed E-state index contributed by atoms with van der Waals surface area (Å²) >= 11 is 5.76. The molecule has 0 bridgehead atoms. The molecule has 142 valence electrons. The third kappa shape index (κ3) is 4.06. The van der Waals surface area contributed by atoms with Gasteiger partial charge in [0, 0.05) is 11.3 Å². The number of halogens is 2. The maximum atomic E-state index is 13.2. The molecule has 1 N–H and O–H groups in total. The van der Waals surface area contributed by atoms with Gasteiger partial charge in [-0.25, -0.2) is 4.39 Å². The van der Waals surface area contributed by atoms with Gasteiger partial charge < -0.3 is 23.9 Å². The van der Waals surface area contributed by atoms with Crippen LogP contribution in [0.3, 0.4) is 0 Å². The summed E-state index contributed by atoms with van der Waals surface area (Å²) in [6.45, 7) is 0.249. The molecule has 0 saturated heterocycles. The number of methoxy groups -OCH3 is 3. The lowest BCUT2D eigenvalue weighted by Gasteiger charge is -2.12. The first kappa shape index (κ1) is 18.8. The minimum atomic E-state index is -0.482. The van der Waals surface area contributed by atoms with E-state index in [4.69, 9.17) is 30.2 Å². The van der Waals surface area contributed by atoms with Crippen molar-refractivity contribution in [2.75, 3.05) is 26.6 Å². The maximum Gasteiger partial charge on any atom is 0.248 e. The van der Waals surface area contributed by atoms with Crippen molar-refractivity contribution in [2.24, 2.45) is 0 Å². The minimum Gasteiger partial charge on any atom is -0.493 e. The first-order valence-corrected chi connectivity index (χ1v) is 8.25. The van der Waals surface area contributed by atoms with Crippen molar-refractivity contribution >= 4 is 17.3 Å². The number of nitrogens with one attached hydrogen (secondary N) is 1. The summed E-state index contributed by atoms with van der Waals surface area (Å²) in [5.74, 6) is 1.58. The third-order valence-corrected chi connectivity index (χ3v) is 4.03. The summed E-state index contributed by atoms with van der Waals surface area (Å²) in [4.78, 5) is 0. The van der Waals surface area contributed by atoms with Crippen molar-refractivity contribution < 1.29 is 23.0 Å². The molecule has 3 rings (SSSR count). The Morgan fingerprint density at radius 1 is 1.04 bits per heavy atom. The zero-order valence-corrected chi connectivity index (χ0v) is 15.6. The summed E-state index contributed by atoms with van der Waals surface area (Å²) in [5, 5.41) is 11.1. The normalized spacial score (nSPS) is 10.6. The Balaban J connectivity index is 1.80. The van der Waals surface area contributed by atoms with Crippen LogP contribution in [-0.4, -0.2) is 31.5 Å². The lowest BCUT2D eigenvalue weighted by Crippen LogP contribution is -1.99. The van der Waals surface area contributed by atoms with E-state index in [9.17, 15) is 4.39 Å². The predicted octanol–water partition coefficient (Wildman–Crippen LogP) is 4.17. The second kappa shape index (κ2) is 8.13. The third-order valence-electron chi connectivity index (χ3n) is 3.74. The van der Waals surface area contributed by atoms with Crippen LogP contribution in [-0.2, 0) is 6.54 Å². The van der Waals surface area contributed by atoms with Gasteiger partial charge in [-0.1, -0.05) is 11.6 Å². The van der Waals surface area contributed by atoms with Crippen molar-refractivity contribution in [3.8, 4) is 28.7 Å². The van der Waals surface area contributed by atoms with Gasteiger partial charge in [0.25, 0.3) is 0 Å². The van der Waals surface area contributed by atoms with Crippen LogP contribution in [0.15, 0.2) is 34.7 Å². The molecule has 1 heterocycles. The summed E-state index contributed by atoms with van der Waals surface area (Å²) < 4.78 is 34.8. The van der Waals surface area contributed by atoms with E-state index < -0.39 is 5.82 Å². The Morgan fingerprint density at radius 3 is 2.33 bits per heavy atom. The SMILES string of the molecule is COc1cc(-c2nnc(CNc3ccc(F)c(Cl)c3)o2)cc(OC)c1OC. The van der Waals surface area contributed by atoms with E-state index in [1.165, 1.54) is 33.5 Å². The van der Waals surface area contributed by atoms with Gasteiger partial charge in [0.15, 0.2) is 11.5 Å². The Labute approximate surface area is 160 Å². The Kier molecular flexibility index (Phi) is 5.66. The van der Waals surface area contributed by atoms with Gasteiger partial charge in [-0.15, -0.1) is 10.2 Å². The molecular weight excluding hydrogens is 377 g/mol. The van der Waals surface area contributed by atoms with Crippen LogP contribution in [0.1, 0.15) is 5.89 Å². The van der Waals surface area contributed by atoms with Crippen molar-refractivity contribution in [1.82, 2.24) is 10.2 Å². The largest absolute Gasteiger partial charge is 0.493 e. The number of ether oxygens (including phenoxy) is 3. The highest BCUT2D eigenvalue weighted by Gasteiger charge is 2.17. The first-order valence-electron chi connectivity index (χ1n) is 7.87. The highest BCUT2D eigenvalue weighted by molar-refractivity contribution is 6.31.